The topological polar surface area (TPSA) is 66.6 Å². The summed E-state index contributed by atoms with van der Waals surface area (Å²) in [4.78, 5) is 14.4. The number of nitrogens with zero attached hydrogens (tertiary/aromatic N) is 1. The lowest BCUT2D eigenvalue weighted by atomic mass is 9.80. The van der Waals surface area contributed by atoms with Crippen molar-refractivity contribution in [3.8, 4) is 0 Å². The van der Waals surface area contributed by atoms with Crippen LogP contribution in [0.15, 0.2) is 0 Å². The van der Waals surface area contributed by atoms with E-state index in [9.17, 15) is 4.79 Å². The molecular formula is C13H28N2O2. The number of hydrogen-bond acceptors (Lipinski definition) is 3. The molecule has 0 bridgehead atoms. The Bertz CT molecular complexity index is 217. The van der Waals surface area contributed by atoms with Gasteiger partial charge in [0.25, 0.3) is 0 Å². The summed E-state index contributed by atoms with van der Waals surface area (Å²) in [6.07, 6.45) is 2.15. The molecule has 0 aliphatic carbocycles. The Kier molecular flexibility index (Phi) is 7.39. The third-order valence-corrected chi connectivity index (χ3v) is 3.64. The van der Waals surface area contributed by atoms with Crippen LogP contribution in [0, 0.1) is 5.41 Å². The molecule has 17 heavy (non-hydrogen) atoms. The van der Waals surface area contributed by atoms with Gasteiger partial charge in [0, 0.05) is 25.7 Å². The van der Waals surface area contributed by atoms with Gasteiger partial charge in [-0.15, -0.1) is 0 Å². The maximum atomic E-state index is 12.6. The van der Waals surface area contributed by atoms with E-state index in [1.807, 2.05) is 32.6 Å². The summed E-state index contributed by atoms with van der Waals surface area (Å²) in [7, 11) is 0. The first kappa shape index (κ1) is 16.4. The van der Waals surface area contributed by atoms with Crippen molar-refractivity contribution in [1.82, 2.24) is 4.90 Å². The van der Waals surface area contributed by atoms with Crippen molar-refractivity contribution in [3.05, 3.63) is 0 Å². The van der Waals surface area contributed by atoms with Crippen LogP contribution in [0.5, 0.6) is 0 Å². The Morgan fingerprint density at radius 3 is 2.18 bits per heavy atom. The lowest BCUT2D eigenvalue weighted by molar-refractivity contribution is -0.144. The lowest BCUT2D eigenvalue weighted by Crippen LogP contribution is -2.50. The van der Waals surface area contributed by atoms with Crippen LogP contribution in [0.2, 0.25) is 0 Å². The largest absolute Gasteiger partial charge is 0.396 e. The molecule has 0 unspecified atom stereocenters. The summed E-state index contributed by atoms with van der Waals surface area (Å²) in [5.41, 5.74) is 5.37. The Labute approximate surface area is 105 Å². The van der Waals surface area contributed by atoms with Crippen molar-refractivity contribution in [2.45, 2.75) is 53.0 Å². The minimum absolute atomic E-state index is 0.115. The van der Waals surface area contributed by atoms with Crippen LogP contribution in [-0.2, 0) is 4.79 Å². The Morgan fingerprint density at radius 1 is 1.35 bits per heavy atom. The highest BCUT2D eigenvalue weighted by atomic mass is 16.3. The number of hydrogen-bond donors (Lipinski definition) is 2. The van der Waals surface area contributed by atoms with Crippen LogP contribution >= 0.6 is 0 Å². The van der Waals surface area contributed by atoms with Crippen molar-refractivity contribution >= 4 is 5.91 Å². The fourth-order valence-electron chi connectivity index (χ4n) is 2.07. The van der Waals surface area contributed by atoms with E-state index < -0.39 is 5.41 Å². The number of aliphatic hydroxyl groups excluding tert-OH is 1. The zero-order chi connectivity index (χ0) is 13.5. The minimum atomic E-state index is -0.431. The van der Waals surface area contributed by atoms with E-state index in [-0.39, 0.29) is 18.6 Å². The molecule has 1 amide bonds. The third-order valence-electron chi connectivity index (χ3n) is 3.64. The summed E-state index contributed by atoms with van der Waals surface area (Å²) in [6.45, 7) is 9.14. The molecule has 0 aromatic rings. The average molecular weight is 244 g/mol. The third kappa shape index (κ3) is 3.96. The molecule has 0 rings (SSSR count). The molecule has 4 nitrogen and oxygen atoms in total. The molecule has 102 valence electrons. The highest BCUT2D eigenvalue weighted by molar-refractivity contribution is 5.83. The monoisotopic (exact) mass is 244 g/mol. The summed E-state index contributed by atoms with van der Waals surface area (Å²) >= 11 is 0. The summed E-state index contributed by atoms with van der Waals surface area (Å²) in [5, 5.41) is 8.89. The van der Waals surface area contributed by atoms with Crippen LogP contribution in [0.25, 0.3) is 0 Å². The van der Waals surface area contributed by atoms with Crippen molar-refractivity contribution in [3.63, 3.8) is 0 Å². The van der Waals surface area contributed by atoms with Crippen molar-refractivity contribution in [2.75, 3.05) is 19.7 Å². The Hall–Kier alpha value is -0.610. The van der Waals surface area contributed by atoms with Gasteiger partial charge in [0.2, 0.25) is 5.91 Å². The molecule has 4 heteroatoms. The van der Waals surface area contributed by atoms with Gasteiger partial charge in [0.05, 0.1) is 5.41 Å². The number of nitrogens with two attached hydrogens (primary N) is 1. The highest BCUT2D eigenvalue weighted by Crippen LogP contribution is 2.28. The fourth-order valence-corrected chi connectivity index (χ4v) is 2.07. The predicted molar refractivity (Wildman–Crippen MR) is 70.6 cm³/mol. The highest BCUT2D eigenvalue weighted by Gasteiger charge is 2.37. The number of carbonyl (C=O) groups excluding carboxylic acids is 1. The molecule has 0 spiro atoms. The predicted octanol–water partition coefficient (Wildman–Crippen LogP) is 1.37. The second-order valence-corrected chi connectivity index (χ2v) is 4.86. The maximum absolute atomic E-state index is 12.6. The van der Waals surface area contributed by atoms with Crippen molar-refractivity contribution in [1.29, 1.82) is 0 Å². The molecule has 0 fully saturated rings. The van der Waals surface area contributed by atoms with Crippen LogP contribution in [-0.4, -0.2) is 41.7 Å². The van der Waals surface area contributed by atoms with E-state index in [1.54, 1.807) is 0 Å². The molecule has 0 radical (unpaired) electrons. The van der Waals surface area contributed by atoms with E-state index in [2.05, 4.69) is 0 Å². The molecule has 0 saturated carbocycles. The minimum Gasteiger partial charge on any atom is -0.396 e. The fraction of sp³-hybridized carbons (Fsp3) is 0.923. The summed E-state index contributed by atoms with van der Waals surface area (Å²) in [5.74, 6) is 0.133. The number of amides is 1. The molecule has 0 heterocycles. The van der Waals surface area contributed by atoms with Crippen LogP contribution in [0.3, 0.4) is 0 Å². The van der Waals surface area contributed by atoms with E-state index in [0.29, 0.717) is 19.5 Å². The Morgan fingerprint density at radius 2 is 1.88 bits per heavy atom. The first-order valence-electron chi connectivity index (χ1n) is 6.61. The van der Waals surface area contributed by atoms with Gasteiger partial charge in [-0.2, -0.15) is 0 Å². The first-order chi connectivity index (χ1) is 7.98. The van der Waals surface area contributed by atoms with E-state index in [1.165, 1.54) is 0 Å². The summed E-state index contributed by atoms with van der Waals surface area (Å²) < 4.78 is 0. The van der Waals surface area contributed by atoms with E-state index in [4.69, 9.17) is 10.8 Å². The van der Waals surface area contributed by atoms with Gasteiger partial charge in [-0.1, -0.05) is 13.8 Å². The summed E-state index contributed by atoms with van der Waals surface area (Å²) in [6, 6.07) is 0.151. The molecular weight excluding hydrogens is 216 g/mol. The zero-order valence-electron chi connectivity index (χ0n) is 11.7. The molecule has 0 aromatic heterocycles. The number of aliphatic hydroxyl groups is 1. The van der Waals surface area contributed by atoms with E-state index >= 15 is 0 Å². The second kappa shape index (κ2) is 7.67. The first-order valence-corrected chi connectivity index (χ1v) is 6.61. The van der Waals surface area contributed by atoms with Gasteiger partial charge in [0.1, 0.15) is 0 Å². The van der Waals surface area contributed by atoms with Gasteiger partial charge in [0.15, 0.2) is 0 Å². The lowest BCUT2D eigenvalue weighted by Gasteiger charge is -2.37. The van der Waals surface area contributed by atoms with Crippen LogP contribution in [0.4, 0.5) is 0 Å². The maximum Gasteiger partial charge on any atom is 0.230 e. The van der Waals surface area contributed by atoms with Gasteiger partial charge in [-0.05, 0) is 33.1 Å². The van der Waals surface area contributed by atoms with Crippen LogP contribution < -0.4 is 5.73 Å². The van der Waals surface area contributed by atoms with Crippen molar-refractivity contribution in [2.24, 2.45) is 11.1 Å². The second-order valence-electron chi connectivity index (χ2n) is 4.86. The molecule has 0 aliphatic heterocycles. The Balaban J connectivity index is 4.90. The van der Waals surface area contributed by atoms with Gasteiger partial charge in [-0.3, -0.25) is 4.79 Å². The normalized spacial score (nSPS) is 11.9. The number of carbonyl (C=O) groups is 1. The van der Waals surface area contributed by atoms with Crippen molar-refractivity contribution < 1.29 is 9.90 Å². The van der Waals surface area contributed by atoms with E-state index in [0.717, 1.165) is 12.8 Å². The molecule has 0 aliphatic rings. The van der Waals surface area contributed by atoms with Gasteiger partial charge < -0.3 is 15.7 Å². The van der Waals surface area contributed by atoms with Gasteiger partial charge in [-0.25, -0.2) is 0 Å². The smallest absolute Gasteiger partial charge is 0.230 e. The molecule has 0 saturated heterocycles. The number of rotatable bonds is 8. The molecule has 0 aromatic carbocycles. The SMILES string of the molecule is CCC(CC)(CN)C(=O)N(CCCO)C(C)C. The average Bonchev–Trinajstić information content (AvgIpc) is 2.32. The van der Waals surface area contributed by atoms with Crippen LogP contribution in [0.1, 0.15) is 47.0 Å². The van der Waals surface area contributed by atoms with Gasteiger partial charge >= 0.3 is 0 Å². The molecule has 3 N–H and O–H groups in total. The standard InChI is InChI=1S/C13H28N2O2/c1-5-13(6-2,10-14)12(17)15(11(3)4)8-7-9-16/h11,16H,5-10,14H2,1-4H3. The quantitative estimate of drug-likeness (QED) is 0.677. The molecule has 0 atom stereocenters. The zero-order valence-corrected chi connectivity index (χ0v) is 11.7.